The fourth-order valence-electron chi connectivity index (χ4n) is 1.85. The zero-order chi connectivity index (χ0) is 9.86. The third-order valence-electron chi connectivity index (χ3n) is 3.02. The van der Waals surface area contributed by atoms with Crippen molar-refractivity contribution in [3.05, 3.63) is 22.4 Å². The van der Waals surface area contributed by atoms with Crippen LogP contribution in [0.25, 0.3) is 0 Å². The number of thiophene rings is 1. The molecule has 0 aliphatic heterocycles. The molecule has 0 atom stereocenters. The number of nitrogens with one attached hydrogen (secondary N) is 1. The summed E-state index contributed by atoms with van der Waals surface area (Å²) in [5, 5.41) is 5.71. The third-order valence-corrected chi connectivity index (χ3v) is 5.32. The van der Waals surface area contributed by atoms with Gasteiger partial charge in [-0.3, -0.25) is 0 Å². The van der Waals surface area contributed by atoms with E-state index in [4.69, 9.17) is 0 Å². The second-order valence-electron chi connectivity index (χ2n) is 3.92. The van der Waals surface area contributed by atoms with Crippen LogP contribution in [-0.4, -0.2) is 17.5 Å². The molecule has 0 unspecified atom stereocenters. The van der Waals surface area contributed by atoms with Gasteiger partial charge in [-0.25, -0.2) is 0 Å². The molecule has 3 heteroatoms. The second kappa shape index (κ2) is 4.69. The molecule has 1 aromatic heterocycles. The number of rotatable bonds is 5. The van der Waals surface area contributed by atoms with Gasteiger partial charge in [-0.2, -0.15) is 11.8 Å². The first-order chi connectivity index (χ1) is 6.85. The molecule has 0 amide bonds. The quantitative estimate of drug-likeness (QED) is 0.829. The summed E-state index contributed by atoms with van der Waals surface area (Å²) in [6, 6.07) is 4.32. The SMILES string of the molecule is CSC1(CNCc2cccs2)CCC1. The molecule has 0 bridgehead atoms. The monoisotopic (exact) mass is 227 g/mol. The molecule has 78 valence electrons. The van der Waals surface area contributed by atoms with Gasteiger partial charge in [0.15, 0.2) is 0 Å². The predicted octanol–water partition coefficient (Wildman–Crippen LogP) is 3.12. The van der Waals surface area contributed by atoms with Gasteiger partial charge < -0.3 is 5.32 Å². The highest BCUT2D eigenvalue weighted by atomic mass is 32.2. The highest BCUT2D eigenvalue weighted by Crippen LogP contribution is 2.42. The maximum Gasteiger partial charge on any atom is 0.0300 e. The zero-order valence-electron chi connectivity index (χ0n) is 8.58. The van der Waals surface area contributed by atoms with E-state index in [0.717, 1.165) is 6.54 Å². The summed E-state index contributed by atoms with van der Waals surface area (Å²) >= 11 is 3.87. The Kier molecular flexibility index (Phi) is 3.52. The molecule has 1 aliphatic carbocycles. The van der Waals surface area contributed by atoms with E-state index in [1.165, 1.54) is 30.7 Å². The molecule has 14 heavy (non-hydrogen) atoms. The summed E-state index contributed by atoms with van der Waals surface area (Å²) < 4.78 is 0.567. The van der Waals surface area contributed by atoms with Crippen molar-refractivity contribution in [2.75, 3.05) is 12.8 Å². The Labute approximate surface area is 94.3 Å². The highest BCUT2D eigenvalue weighted by molar-refractivity contribution is 8.00. The van der Waals surface area contributed by atoms with Gasteiger partial charge in [0.1, 0.15) is 0 Å². The average molecular weight is 227 g/mol. The number of hydrogen-bond acceptors (Lipinski definition) is 3. The van der Waals surface area contributed by atoms with E-state index in [9.17, 15) is 0 Å². The molecule has 1 N–H and O–H groups in total. The summed E-state index contributed by atoms with van der Waals surface area (Å²) in [6.07, 6.45) is 6.45. The molecular weight excluding hydrogens is 210 g/mol. The summed E-state index contributed by atoms with van der Waals surface area (Å²) in [6.45, 7) is 2.21. The van der Waals surface area contributed by atoms with Crippen molar-refractivity contribution in [3.8, 4) is 0 Å². The lowest BCUT2D eigenvalue weighted by Gasteiger charge is -2.40. The first-order valence-electron chi connectivity index (χ1n) is 5.13. The minimum atomic E-state index is 0.567. The maximum absolute atomic E-state index is 3.57. The molecule has 1 aromatic rings. The Bertz CT molecular complexity index is 259. The van der Waals surface area contributed by atoms with Gasteiger partial charge in [0.2, 0.25) is 0 Å². The van der Waals surface area contributed by atoms with E-state index < -0.39 is 0 Å². The van der Waals surface area contributed by atoms with E-state index in [-0.39, 0.29) is 0 Å². The van der Waals surface area contributed by atoms with Crippen LogP contribution in [0, 0.1) is 0 Å². The Balaban J connectivity index is 1.72. The smallest absolute Gasteiger partial charge is 0.0300 e. The summed E-state index contributed by atoms with van der Waals surface area (Å²) in [4.78, 5) is 1.44. The van der Waals surface area contributed by atoms with Gasteiger partial charge in [-0.15, -0.1) is 11.3 Å². The minimum absolute atomic E-state index is 0.567. The standard InChI is InChI=1S/C11H17NS2/c1-13-11(5-3-6-11)9-12-8-10-4-2-7-14-10/h2,4,7,12H,3,5-6,8-9H2,1H3. The summed E-state index contributed by atoms with van der Waals surface area (Å²) in [5.74, 6) is 0. The fourth-order valence-corrected chi connectivity index (χ4v) is 3.47. The van der Waals surface area contributed by atoms with Crippen LogP contribution in [0.1, 0.15) is 24.1 Å². The van der Waals surface area contributed by atoms with Gasteiger partial charge >= 0.3 is 0 Å². The third kappa shape index (κ3) is 2.33. The van der Waals surface area contributed by atoms with Crippen LogP contribution in [0.2, 0.25) is 0 Å². The maximum atomic E-state index is 3.57. The van der Waals surface area contributed by atoms with Crippen LogP contribution in [0.3, 0.4) is 0 Å². The Morgan fingerprint density at radius 1 is 1.57 bits per heavy atom. The molecule has 2 rings (SSSR count). The van der Waals surface area contributed by atoms with Gasteiger partial charge in [0, 0.05) is 22.7 Å². The number of hydrogen-bond donors (Lipinski definition) is 1. The molecule has 1 aliphatic rings. The zero-order valence-corrected chi connectivity index (χ0v) is 10.2. The van der Waals surface area contributed by atoms with Crippen molar-refractivity contribution in [2.45, 2.75) is 30.6 Å². The number of thioether (sulfide) groups is 1. The molecule has 1 fully saturated rings. The second-order valence-corrected chi connectivity index (χ2v) is 6.23. The van der Waals surface area contributed by atoms with Crippen LogP contribution in [-0.2, 0) is 6.54 Å². The van der Waals surface area contributed by atoms with Gasteiger partial charge in [0.05, 0.1) is 0 Å². The normalized spacial score (nSPS) is 19.2. The van der Waals surface area contributed by atoms with E-state index >= 15 is 0 Å². The molecule has 0 saturated heterocycles. The van der Waals surface area contributed by atoms with E-state index in [1.807, 2.05) is 23.1 Å². The van der Waals surface area contributed by atoms with Crippen LogP contribution < -0.4 is 5.32 Å². The average Bonchev–Trinajstić information content (AvgIpc) is 2.62. The first-order valence-corrected chi connectivity index (χ1v) is 7.23. The predicted molar refractivity (Wildman–Crippen MR) is 66.1 cm³/mol. The van der Waals surface area contributed by atoms with Crippen molar-refractivity contribution < 1.29 is 0 Å². The lowest BCUT2D eigenvalue weighted by Crippen LogP contribution is -2.43. The molecular formula is C11H17NS2. The van der Waals surface area contributed by atoms with Crippen molar-refractivity contribution in [2.24, 2.45) is 0 Å². The van der Waals surface area contributed by atoms with Crippen LogP contribution in [0.15, 0.2) is 17.5 Å². The van der Waals surface area contributed by atoms with Crippen molar-refractivity contribution in [3.63, 3.8) is 0 Å². The molecule has 0 radical (unpaired) electrons. The van der Waals surface area contributed by atoms with E-state index in [0.29, 0.717) is 4.75 Å². The highest BCUT2D eigenvalue weighted by Gasteiger charge is 2.35. The molecule has 1 saturated carbocycles. The van der Waals surface area contributed by atoms with E-state index in [2.05, 4.69) is 29.1 Å². The lowest BCUT2D eigenvalue weighted by molar-refractivity contribution is 0.346. The van der Waals surface area contributed by atoms with Gasteiger partial charge in [-0.05, 0) is 30.5 Å². The fraction of sp³-hybridized carbons (Fsp3) is 0.636. The Morgan fingerprint density at radius 2 is 2.43 bits per heavy atom. The van der Waals surface area contributed by atoms with Crippen LogP contribution in [0.4, 0.5) is 0 Å². The van der Waals surface area contributed by atoms with E-state index in [1.54, 1.807) is 0 Å². The Hall–Kier alpha value is 0.01000. The summed E-state index contributed by atoms with van der Waals surface area (Å²) in [7, 11) is 0. The van der Waals surface area contributed by atoms with Gasteiger partial charge in [0.25, 0.3) is 0 Å². The van der Waals surface area contributed by atoms with Crippen molar-refractivity contribution >= 4 is 23.1 Å². The van der Waals surface area contributed by atoms with Crippen LogP contribution in [0.5, 0.6) is 0 Å². The summed E-state index contributed by atoms with van der Waals surface area (Å²) in [5.41, 5.74) is 0. The molecule has 1 nitrogen and oxygen atoms in total. The molecule has 0 spiro atoms. The Morgan fingerprint density at radius 3 is 2.93 bits per heavy atom. The molecule has 1 heterocycles. The van der Waals surface area contributed by atoms with Gasteiger partial charge in [-0.1, -0.05) is 12.5 Å². The largest absolute Gasteiger partial charge is 0.310 e. The molecule has 0 aromatic carbocycles. The van der Waals surface area contributed by atoms with Crippen LogP contribution >= 0.6 is 23.1 Å². The van der Waals surface area contributed by atoms with Crippen molar-refractivity contribution in [1.82, 2.24) is 5.32 Å². The lowest BCUT2D eigenvalue weighted by atomic mass is 9.84. The first kappa shape index (κ1) is 10.5. The minimum Gasteiger partial charge on any atom is -0.310 e. The van der Waals surface area contributed by atoms with Crippen molar-refractivity contribution in [1.29, 1.82) is 0 Å². The topological polar surface area (TPSA) is 12.0 Å².